The zero-order valence-electron chi connectivity index (χ0n) is 17.6. The van der Waals surface area contributed by atoms with Crippen LogP contribution in [0.2, 0.25) is 5.02 Å². The van der Waals surface area contributed by atoms with Crippen molar-refractivity contribution in [3.8, 4) is 0 Å². The van der Waals surface area contributed by atoms with Crippen LogP contribution in [0.4, 0.5) is 5.69 Å². The SMILES string of the molecule is CC(C)(C)c1cc(=O)n2c(n1)SCC2CC(=O)N1CCN(c2ccccc2Cl)CC1. The summed E-state index contributed by atoms with van der Waals surface area (Å²) in [7, 11) is 0. The van der Waals surface area contributed by atoms with Crippen molar-refractivity contribution in [2.45, 2.75) is 43.8 Å². The average molecular weight is 447 g/mol. The zero-order valence-corrected chi connectivity index (χ0v) is 19.2. The summed E-state index contributed by atoms with van der Waals surface area (Å²) < 4.78 is 1.71. The van der Waals surface area contributed by atoms with E-state index >= 15 is 0 Å². The smallest absolute Gasteiger partial charge is 0.254 e. The molecule has 2 aliphatic rings. The van der Waals surface area contributed by atoms with Gasteiger partial charge in [-0.25, -0.2) is 4.98 Å². The molecule has 1 amide bonds. The highest BCUT2D eigenvalue weighted by molar-refractivity contribution is 7.99. The summed E-state index contributed by atoms with van der Waals surface area (Å²) in [5, 5.41) is 1.46. The van der Waals surface area contributed by atoms with Crippen molar-refractivity contribution in [1.29, 1.82) is 0 Å². The lowest BCUT2D eigenvalue weighted by Gasteiger charge is -2.37. The molecular weight excluding hydrogens is 420 g/mol. The molecule has 2 aromatic rings. The van der Waals surface area contributed by atoms with Crippen molar-refractivity contribution in [1.82, 2.24) is 14.5 Å². The molecule has 160 valence electrons. The predicted octanol–water partition coefficient (Wildman–Crippen LogP) is 3.58. The maximum atomic E-state index is 12.9. The standard InChI is InChI=1S/C22H27ClN4O2S/c1-22(2,3)18-13-20(29)27-15(14-30-21(27)24-18)12-19(28)26-10-8-25(9-11-26)17-7-5-4-6-16(17)23/h4-7,13,15H,8-12,14H2,1-3H3. The first-order valence-electron chi connectivity index (χ1n) is 10.3. The zero-order chi connectivity index (χ0) is 21.5. The molecule has 0 aliphatic carbocycles. The Labute approximate surface area is 186 Å². The van der Waals surface area contributed by atoms with Crippen LogP contribution in [0.1, 0.15) is 38.9 Å². The van der Waals surface area contributed by atoms with Crippen molar-refractivity contribution < 1.29 is 4.79 Å². The third-order valence-corrected chi connectivity index (χ3v) is 7.11. The minimum Gasteiger partial charge on any atom is -0.367 e. The van der Waals surface area contributed by atoms with E-state index in [0.717, 1.165) is 34.6 Å². The van der Waals surface area contributed by atoms with E-state index in [-0.39, 0.29) is 22.9 Å². The molecule has 30 heavy (non-hydrogen) atoms. The number of piperazine rings is 1. The number of hydrogen-bond acceptors (Lipinski definition) is 5. The van der Waals surface area contributed by atoms with E-state index in [2.05, 4.69) is 30.7 Å². The second-order valence-corrected chi connectivity index (χ2v) is 10.3. The summed E-state index contributed by atoms with van der Waals surface area (Å²) in [6, 6.07) is 9.29. The highest BCUT2D eigenvalue weighted by atomic mass is 35.5. The average Bonchev–Trinajstić information content (AvgIpc) is 3.11. The summed E-state index contributed by atoms with van der Waals surface area (Å²) in [5.74, 6) is 0.806. The number of thioether (sulfide) groups is 1. The second kappa shape index (κ2) is 8.27. The number of nitrogens with zero attached hydrogens (tertiary/aromatic N) is 4. The third-order valence-electron chi connectivity index (χ3n) is 5.69. The third kappa shape index (κ3) is 4.23. The number of aromatic nitrogens is 2. The van der Waals surface area contributed by atoms with Gasteiger partial charge in [0.15, 0.2) is 5.16 Å². The molecule has 0 spiro atoms. The molecular formula is C22H27ClN4O2S. The van der Waals surface area contributed by atoms with Crippen LogP contribution < -0.4 is 10.5 Å². The molecule has 0 bridgehead atoms. The highest BCUT2D eigenvalue weighted by Gasteiger charge is 2.31. The van der Waals surface area contributed by atoms with Crippen LogP contribution in [0, 0.1) is 0 Å². The number of hydrogen-bond donors (Lipinski definition) is 0. The van der Waals surface area contributed by atoms with Crippen LogP contribution in [0.5, 0.6) is 0 Å². The number of rotatable bonds is 3. The lowest BCUT2D eigenvalue weighted by Crippen LogP contribution is -2.49. The van der Waals surface area contributed by atoms with Crippen LogP contribution in [0.15, 0.2) is 40.3 Å². The summed E-state index contributed by atoms with van der Waals surface area (Å²) in [6.45, 7) is 8.97. The van der Waals surface area contributed by atoms with Crippen LogP contribution in [0.3, 0.4) is 0 Å². The van der Waals surface area contributed by atoms with Gasteiger partial charge in [-0.1, -0.05) is 56.3 Å². The van der Waals surface area contributed by atoms with Crippen LogP contribution >= 0.6 is 23.4 Å². The molecule has 1 aromatic heterocycles. The number of carbonyl (C=O) groups excluding carboxylic acids is 1. The largest absolute Gasteiger partial charge is 0.367 e. The maximum absolute atomic E-state index is 12.9. The van der Waals surface area contributed by atoms with Crippen molar-refractivity contribution in [2.75, 3.05) is 36.8 Å². The summed E-state index contributed by atoms with van der Waals surface area (Å²) in [6.07, 6.45) is 0.336. The van der Waals surface area contributed by atoms with Gasteiger partial charge in [0.1, 0.15) is 0 Å². The molecule has 1 atom stereocenters. The highest BCUT2D eigenvalue weighted by Crippen LogP contribution is 2.34. The predicted molar refractivity (Wildman–Crippen MR) is 122 cm³/mol. The maximum Gasteiger partial charge on any atom is 0.254 e. The van der Waals surface area contributed by atoms with Gasteiger partial charge in [0.25, 0.3) is 5.56 Å². The number of amides is 1. The van der Waals surface area contributed by atoms with E-state index in [0.29, 0.717) is 25.3 Å². The Balaban J connectivity index is 1.41. The molecule has 0 saturated carbocycles. The van der Waals surface area contributed by atoms with Gasteiger partial charge in [-0.15, -0.1) is 0 Å². The topological polar surface area (TPSA) is 58.4 Å². The van der Waals surface area contributed by atoms with E-state index < -0.39 is 0 Å². The Morgan fingerprint density at radius 2 is 1.90 bits per heavy atom. The Hall–Kier alpha value is -1.99. The van der Waals surface area contributed by atoms with Crippen molar-refractivity contribution in [3.63, 3.8) is 0 Å². The van der Waals surface area contributed by atoms with Gasteiger partial charge in [0.2, 0.25) is 5.91 Å². The van der Waals surface area contributed by atoms with E-state index in [1.807, 2.05) is 29.2 Å². The van der Waals surface area contributed by atoms with Crippen molar-refractivity contribution >= 4 is 35.0 Å². The summed E-state index contributed by atoms with van der Waals surface area (Å²) in [4.78, 5) is 34.5. The van der Waals surface area contributed by atoms with Crippen LogP contribution in [-0.2, 0) is 10.2 Å². The minimum absolute atomic E-state index is 0.0590. The number of carbonyl (C=O) groups is 1. The normalized spacial score (nSPS) is 19.1. The fourth-order valence-corrected chi connectivity index (χ4v) is 5.33. The molecule has 2 aliphatic heterocycles. The van der Waals surface area contributed by atoms with Crippen LogP contribution in [-0.4, -0.2) is 52.3 Å². The lowest BCUT2D eigenvalue weighted by atomic mass is 9.92. The number of para-hydroxylation sites is 1. The second-order valence-electron chi connectivity index (χ2n) is 8.87. The van der Waals surface area contributed by atoms with E-state index in [9.17, 15) is 9.59 Å². The number of fused-ring (bicyclic) bond motifs is 1. The lowest BCUT2D eigenvalue weighted by molar-refractivity contribution is -0.132. The van der Waals surface area contributed by atoms with Gasteiger partial charge in [-0.3, -0.25) is 14.2 Å². The van der Waals surface area contributed by atoms with E-state index in [4.69, 9.17) is 11.6 Å². The quantitative estimate of drug-likeness (QED) is 0.674. The molecule has 3 heterocycles. The number of anilines is 1. The van der Waals surface area contributed by atoms with Crippen molar-refractivity contribution in [2.24, 2.45) is 0 Å². The van der Waals surface area contributed by atoms with Gasteiger partial charge >= 0.3 is 0 Å². The molecule has 8 heteroatoms. The first-order valence-corrected chi connectivity index (χ1v) is 11.6. The molecule has 6 nitrogen and oxygen atoms in total. The Morgan fingerprint density at radius 1 is 1.20 bits per heavy atom. The van der Waals surface area contributed by atoms with Gasteiger partial charge in [-0.05, 0) is 12.1 Å². The van der Waals surface area contributed by atoms with Gasteiger partial charge in [-0.2, -0.15) is 0 Å². The van der Waals surface area contributed by atoms with Gasteiger partial charge < -0.3 is 9.80 Å². The molecule has 1 unspecified atom stereocenters. The van der Waals surface area contributed by atoms with Gasteiger partial charge in [0, 0.05) is 49.8 Å². The molecule has 0 N–H and O–H groups in total. The first-order chi connectivity index (χ1) is 14.2. The number of benzene rings is 1. The van der Waals surface area contributed by atoms with E-state index in [1.54, 1.807) is 22.4 Å². The fourth-order valence-electron chi connectivity index (χ4n) is 3.92. The Kier molecular flexibility index (Phi) is 5.86. The summed E-state index contributed by atoms with van der Waals surface area (Å²) >= 11 is 7.88. The fraction of sp³-hybridized carbons (Fsp3) is 0.500. The van der Waals surface area contributed by atoms with Gasteiger partial charge in [0.05, 0.1) is 22.4 Å². The summed E-state index contributed by atoms with van der Waals surface area (Å²) in [5.41, 5.74) is 1.58. The Bertz CT molecular complexity index is 1010. The molecule has 1 fully saturated rings. The Morgan fingerprint density at radius 3 is 2.57 bits per heavy atom. The minimum atomic E-state index is -0.176. The molecule has 0 radical (unpaired) electrons. The van der Waals surface area contributed by atoms with Crippen molar-refractivity contribution in [3.05, 3.63) is 51.4 Å². The molecule has 1 saturated heterocycles. The molecule has 4 rings (SSSR count). The first kappa shape index (κ1) is 21.2. The molecule has 1 aromatic carbocycles. The van der Waals surface area contributed by atoms with Crippen LogP contribution in [0.25, 0.3) is 0 Å². The number of halogens is 1. The van der Waals surface area contributed by atoms with E-state index in [1.165, 1.54) is 0 Å². The monoisotopic (exact) mass is 446 g/mol.